The van der Waals surface area contributed by atoms with Crippen LogP contribution in [0.4, 0.5) is 0 Å². The van der Waals surface area contributed by atoms with Gasteiger partial charge in [0.15, 0.2) is 4.87 Å². The number of halogens is 1. The predicted octanol–water partition coefficient (Wildman–Crippen LogP) is 3.90. The fourth-order valence-electron chi connectivity index (χ4n) is 1.89. The van der Waals surface area contributed by atoms with Gasteiger partial charge in [-0.05, 0) is 18.1 Å². The van der Waals surface area contributed by atoms with Crippen molar-refractivity contribution in [2.24, 2.45) is 0 Å². The van der Waals surface area contributed by atoms with Crippen molar-refractivity contribution in [3.05, 3.63) is 83.9 Å². The Balaban J connectivity index is 0.000000379. The van der Waals surface area contributed by atoms with E-state index in [-0.39, 0.29) is 0 Å². The molecule has 2 rings (SSSR count). The molecule has 23 heavy (non-hydrogen) atoms. The Kier molecular flexibility index (Phi) is 7.03. The van der Waals surface area contributed by atoms with Crippen LogP contribution < -0.4 is 0 Å². The second-order valence-electron chi connectivity index (χ2n) is 4.53. The highest BCUT2D eigenvalue weighted by molar-refractivity contribution is 6.35. The van der Waals surface area contributed by atoms with E-state index >= 15 is 0 Å². The van der Waals surface area contributed by atoms with Gasteiger partial charge in [0.1, 0.15) is 0 Å². The van der Waals surface area contributed by atoms with Gasteiger partial charge in [-0.2, -0.15) is 0 Å². The van der Waals surface area contributed by atoms with Crippen LogP contribution in [0, 0.1) is 0 Å². The van der Waals surface area contributed by atoms with Crippen LogP contribution in [0.2, 0.25) is 0 Å². The SMILES string of the molecule is CC=CC(=O)O.O=C(O)C(Cl)(c1ccccc1)c1ccccc1. The number of carbonyl (C=O) groups is 2. The first kappa shape index (κ1) is 18.5. The third-order valence-corrected chi connectivity index (χ3v) is 3.55. The molecule has 4 nitrogen and oxygen atoms in total. The van der Waals surface area contributed by atoms with E-state index < -0.39 is 16.8 Å². The van der Waals surface area contributed by atoms with E-state index in [9.17, 15) is 14.7 Å². The number of alkyl halides is 1. The molecule has 0 aromatic heterocycles. The van der Waals surface area contributed by atoms with Crippen molar-refractivity contribution in [1.29, 1.82) is 0 Å². The second kappa shape index (κ2) is 8.76. The average Bonchev–Trinajstić information content (AvgIpc) is 2.56. The minimum Gasteiger partial charge on any atom is -0.479 e. The van der Waals surface area contributed by atoms with Crippen LogP contribution in [0.15, 0.2) is 72.8 Å². The van der Waals surface area contributed by atoms with E-state index in [4.69, 9.17) is 16.7 Å². The van der Waals surface area contributed by atoms with Crippen LogP contribution in [0.5, 0.6) is 0 Å². The van der Waals surface area contributed by atoms with E-state index in [0.29, 0.717) is 11.1 Å². The zero-order chi connectivity index (χ0) is 17.3. The Bertz CT molecular complexity index is 626. The van der Waals surface area contributed by atoms with Gasteiger partial charge in [0.25, 0.3) is 0 Å². The summed E-state index contributed by atoms with van der Waals surface area (Å²) in [4.78, 5) is 19.5. The molecule has 2 aromatic rings. The Labute approximate surface area is 139 Å². The van der Waals surface area contributed by atoms with Crippen molar-refractivity contribution < 1.29 is 19.8 Å². The third kappa shape index (κ3) is 4.97. The summed E-state index contributed by atoms with van der Waals surface area (Å²) in [6, 6.07) is 17.6. The standard InChI is InChI=1S/C14H11ClO2.C4H6O2/c15-14(13(16)17,11-7-3-1-4-8-11)12-9-5-2-6-10-12;1-2-3-4(5)6/h1-10H,(H,16,17);2-3H,1H3,(H,5,6). The Morgan fingerprint density at radius 1 is 0.913 bits per heavy atom. The van der Waals surface area contributed by atoms with Crippen LogP contribution >= 0.6 is 11.6 Å². The molecule has 0 unspecified atom stereocenters. The molecule has 120 valence electrons. The molecule has 0 heterocycles. The molecule has 0 aliphatic rings. The lowest BCUT2D eigenvalue weighted by Crippen LogP contribution is -2.30. The lowest BCUT2D eigenvalue weighted by Gasteiger charge is -2.23. The highest BCUT2D eigenvalue weighted by Gasteiger charge is 2.39. The Morgan fingerprint density at radius 2 is 1.30 bits per heavy atom. The quantitative estimate of drug-likeness (QED) is 0.657. The second-order valence-corrected chi connectivity index (χ2v) is 5.10. The van der Waals surface area contributed by atoms with E-state index in [2.05, 4.69) is 0 Å². The first-order valence-corrected chi connectivity index (χ1v) is 7.19. The third-order valence-electron chi connectivity index (χ3n) is 2.95. The maximum Gasteiger partial charge on any atom is 0.334 e. The highest BCUT2D eigenvalue weighted by atomic mass is 35.5. The molecule has 0 aliphatic heterocycles. The lowest BCUT2D eigenvalue weighted by atomic mass is 9.90. The maximum absolute atomic E-state index is 11.5. The largest absolute Gasteiger partial charge is 0.479 e. The molecular weight excluding hydrogens is 316 g/mol. The molecule has 2 aromatic carbocycles. The monoisotopic (exact) mass is 332 g/mol. The van der Waals surface area contributed by atoms with Crippen LogP contribution in [0.25, 0.3) is 0 Å². The van der Waals surface area contributed by atoms with E-state index in [1.165, 1.54) is 6.08 Å². The van der Waals surface area contributed by atoms with Gasteiger partial charge in [0, 0.05) is 6.08 Å². The summed E-state index contributed by atoms with van der Waals surface area (Å²) in [5, 5.41) is 17.2. The van der Waals surface area contributed by atoms with Gasteiger partial charge >= 0.3 is 11.9 Å². The number of hydrogen-bond donors (Lipinski definition) is 2. The minimum atomic E-state index is -1.53. The molecule has 0 bridgehead atoms. The predicted molar refractivity (Wildman–Crippen MR) is 89.6 cm³/mol. The van der Waals surface area contributed by atoms with Crippen LogP contribution in [-0.4, -0.2) is 22.2 Å². The van der Waals surface area contributed by atoms with E-state index in [1.54, 1.807) is 55.5 Å². The van der Waals surface area contributed by atoms with Crippen LogP contribution in [0.1, 0.15) is 18.1 Å². The molecule has 0 saturated heterocycles. The summed E-state index contributed by atoms with van der Waals surface area (Å²) in [5.41, 5.74) is 1.11. The lowest BCUT2D eigenvalue weighted by molar-refractivity contribution is -0.139. The molecule has 5 heteroatoms. The van der Waals surface area contributed by atoms with Crippen molar-refractivity contribution in [3.8, 4) is 0 Å². The van der Waals surface area contributed by atoms with E-state index in [0.717, 1.165) is 6.08 Å². The van der Waals surface area contributed by atoms with Gasteiger partial charge in [-0.3, -0.25) is 0 Å². The van der Waals surface area contributed by atoms with Gasteiger partial charge in [0.2, 0.25) is 0 Å². The molecule has 0 spiro atoms. The number of rotatable bonds is 4. The first-order chi connectivity index (χ1) is 10.9. The fraction of sp³-hybridized carbons (Fsp3) is 0.111. The molecule has 2 N–H and O–H groups in total. The zero-order valence-electron chi connectivity index (χ0n) is 12.5. The number of carboxylic acid groups (broad SMARTS) is 2. The molecule has 0 radical (unpaired) electrons. The van der Waals surface area contributed by atoms with Crippen molar-refractivity contribution in [2.75, 3.05) is 0 Å². The molecule has 0 saturated carbocycles. The summed E-state index contributed by atoms with van der Waals surface area (Å²) in [7, 11) is 0. The number of benzene rings is 2. The molecule has 0 aliphatic carbocycles. The first-order valence-electron chi connectivity index (χ1n) is 6.82. The number of aliphatic carboxylic acids is 2. The topological polar surface area (TPSA) is 74.6 Å². The molecular formula is C18H17ClO4. The molecule has 0 amide bonds. The van der Waals surface area contributed by atoms with Gasteiger partial charge in [0.05, 0.1) is 0 Å². The molecule has 0 atom stereocenters. The van der Waals surface area contributed by atoms with Gasteiger partial charge in [-0.25, -0.2) is 9.59 Å². The van der Waals surface area contributed by atoms with Crippen molar-refractivity contribution in [1.82, 2.24) is 0 Å². The Morgan fingerprint density at radius 3 is 1.52 bits per heavy atom. The van der Waals surface area contributed by atoms with Gasteiger partial charge < -0.3 is 10.2 Å². The van der Waals surface area contributed by atoms with Gasteiger partial charge in [-0.1, -0.05) is 78.3 Å². The summed E-state index contributed by atoms with van der Waals surface area (Å²) < 4.78 is 0. The van der Waals surface area contributed by atoms with Crippen LogP contribution in [0.3, 0.4) is 0 Å². The number of allylic oxidation sites excluding steroid dienone is 1. The summed E-state index contributed by atoms with van der Waals surface area (Å²) in [6.07, 6.45) is 2.56. The normalized spacial score (nSPS) is 10.7. The number of carboxylic acids is 2. The highest BCUT2D eigenvalue weighted by Crippen LogP contribution is 2.36. The Hall–Kier alpha value is -2.59. The summed E-state index contributed by atoms with van der Waals surface area (Å²) in [6.45, 7) is 1.66. The number of hydrogen-bond acceptors (Lipinski definition) is 2. The maximum atomic E-state index is 11.5. The average molecular weight is 333 g/mol. The minimum absolute atomic E-state index is 0.556. The molecule has 0 fully saturated rings. The van der Waals surface area contributed by atoms with E-state index in [1.807, 2.05) is 12.1 Å². The smallest absolute Gasteiger partial charge is 0.334 e. The fourth-order valence-corrected chi connectivity index (χ4v) is 2.14. The van der Waals surface area contributed by atoms with Crippen molar-refractivity contribution >= 4 is 23.5 Å². The van der Waals surface area contributed by atoms with Gasteiger partial charge in [-0.15, -0.1) is 0 Å². The zero-order valence-corrected chi connectivity index (χ0v) is 13.3. The summed E-state index contributed by atoms with van der Waals surface area (Å²) in [5.74, 6) is -1.96. The van der Waals surface area contributed by atoms with Crippen molar-refractivity contribution in [3.63, 3.8) is 0 Å². The summed E-state index contributed by atoms with van der Waals surface area (Å²) >= 11 is 6.33. The van der Waals surface area contributed by atoms with Crippen LogP contribution in [-0.2, 0) is 14.5 Å². The van der Waals surface area contributed by atoms with Crippen molar-refractivity contribution in [2.45, 2.75) is 11.8 Å².